The maximum Gasteiger partial charge on any atom is 0.0314 e. The summed E-state index contributed by atoms with van der Waals surface area (Å²) in [6.07, 6.45) is 0. The van der Waals surface area contributed by atoms with Gasteiger partial charge in [-0.05, 0) is 67.5 Å². The van der Waals surface area contributed by atoms with Gasteiger partial charge < -0.3 is 10.2 Å². The van der Waals surface area contributed by atoms with Crippen LogP contribution in [-0.2, 0) is 6.54 Å². The van der Waals surface area contributed by atoms with Gasteiger partial charge in [-0.2, -0.15) is 0 Å². The van der Waals surface area contributed by atoms with E-state index in [0.717, 1.165) is 31.9 Å². The number of nitrogens with zero attached hydrogens (tertiary/aromatic N) is 1. The van der Waals surface area contributed by atoms with E-state index in [1.807, 2.05) is 11.8 Å². The minimum absolute atomic E-state index is 0.156. The molecule has 0 radical (unpaired) electrons. The van der Waals surface area contributed by atoms with E-state index in [1.54, 1.807) is 0 Å². The van der Waals surface area contributed by atoms with E-state index in [9.17, 15) is 0 Å². The summed E-state index contributed by atoms with van der Waals surface area (Å²) in [7, 11) is 0. The summed E-state index contributed by atoms with van der Waals surface area (Å²) >= 11 is 5.64. The third-order valence-corrected chi connectivity index (χ3v) is 5.35. The highest BCUT2D eigenvalue weighted by Gasteiger charge is 2.09. The zero-order chi connectivity index (χ0) is 15.9. The summed E-state index contributed by atoms with van der Waals surface area (Å²) in [6, 6.07) is 6.69. The summed E-state index contributed by atoms with van der Waals surface area (Å²) in [4.78, 5) is 3.80. The SMILES string of the molecule is CCN(CC)CCSc1ccc(CNC(C)(C)C)cc1Br. The number of benzene rings is 1. The lowest BCUT2D eigenvalue weighted by Crippen LogP contribution is -2.35. The first-order valence-corrected chi connectivity index (χ1v) is 9.52. The molecular formula is C17H29BrN2S. The van der Waals surface area contributed by atoms with E-state index in [4.69, 9.17) is 0 Å². The van der Waals surface area contributed by atoms with Crippen LogP contribution in [0, 0.1) is 0 Å². The Morgan fingerprint density at radius 2 is 1.86 bits per heavy atom. The lowest BCUT2D eigenvalue weighted by Gasteiger charge is -2.21. The number of nitrogens with one attached hydrogen (secondary N) is 1. The monoisotopic (exact) mass is 372 g/mol. The second-order valence-electron chi connectivity index (χ2n) is 6.24. The average Bonchev–Trinajstić information content (AvgIpc) is 2.42. The summed E-state index contributed by atoms with van der Waals surface area (Å²) in [5, 5.41) is 3.52. The zero-order valence-electron chi connectivity index (χ0n) is 14.0. The molecule has 0 amide bonds. The number of halogens is 1. The van der Waals surface area contributed by atoms with Crippen molar-refractivity contribution in [2.24, 2.45) is 0 Å². The highest BCUT2D eigenvalue weighted by Crippen LogP contribution is 2.28. The Hall–Kier alpha value is -0.0300. The molecular weight excluding hydrogens is 344 g/mol. The van der Waals surface area contributed by atoms with Gasteiger partial charge in [-0.1, -0.05) is 19.9 Å². The van der Waals surface area contributed by atoms with Crippen LogP contribution in [-0.4, -0.2) is 35.8 Å². The molecule has 0 aliphatic carbocycles. The van der Waals surface area contributed by atoms with Crippen molar-refractivity contribution in [3.8, 4) is 0 Å². The zero-order valence-corrected chi connectivity index (χ0v) is 16.4. The summed E-state index contributed by atoms with van der Waals surface area (Å²) < 4.78 is 1.21. The van der Waals surface area contributed by atoms with Gasteiger partial charge in [0.05, 0.1) is 0 Å². The first-order valence-electron chi connectivity index (χ1n) is 7.74. The summed E-state index contributed by atoms with van der Waals surface area (Å²) in [5.74, 6) is 1.14. The topological polar surface area (TPSA) is 15.3 Å². The Bertz CT molecular complexity index is 425. The average molecular weight is 373 g/mol. The van der Waals surface area contributed by atoms with Gasteiger partial charge in [-0.3, -0.25) is 0 Å². The van der Waals surface area contributed by atoms with Crippen molar-refractivity contribution in [1.29, 1.82) is 0 Å². The fraction of sp³-hybridized carbons (Fsp3) is 0.647. The van der Waals surface area contributed by atoms with Crippen molar-refractivity contribution in [3.63, 3.8) is 0 Å². The molecule has 1 N–H and O–H groups in total. The molecule has 2 nitrogen and oxygen atoms in total. The first kappa shape index (κ1) is 19.0. The highest BCUT2D eigenvalue weighted by atomic mass is 79.9. The molecule has 0 saturated carbocycles. The molecule has 0 heterocycles. The lowest BCUT2D eigenvalue weighted by molar-refractivity contribution is 0.324. The normalized spacial score (nSPS) is 12.1. The Balaban J connectivity index is 2.50. The Kier molecular flexibility index (Phi) is 8.32. The first-order chi connectivity index (χ1) is 9.85. The minimum Gasteiger partial charge on any atom is -0.308 e. The van der Waals surface area contributed by atoms with Crippen molar-refractivity contribution in [2.45, 2.75) is 51.6 Å². The number of thioether (sulfide) groups is 1. The standard InChI is InChI=1S/C17H29BrN2S/c1-6-20(7-2)10-11-21-16-9-8-14(12-15(16)18)13-19-17(3,4)5/h8-9,12,19H,6-7,10-11,13H2,1-5H3. The molecule has 1 aromatic carbocycles. The van der Waals surface area contributed by atoms with Crippen LogP contribution in [0.2, 0.25) is 0 Å². The molecule has 21 heavy (non-hydrogen) atoms. The number of hydrogen-bond acceptors (Lipinski definition) is 3. The molecule has 1 aromatic rings. The second-order valence-corrected chi connectivity index (χ2v) is 8.23. The van der Waals surface area contributed by atoms with E-state index in [2.05, 4.69) is 79.0 Å². The molecule has 0 spiro atoms. The van der Waals surface area contributed by atoms with Crippen LogP contribution in [0.5, 0.6) is 0 Å². The van der Waals surface area contributed by atoms with E-state index in [0.29, 0.717) is 0 Å². The van der Waals surface area contributed by atoms with Gasteiger partial charge in [0.25, 0.3) is 0 Å². The maximum absolute atomic E-state index is 3.71. The quantitative estimate of drug-likeness (QED) is 0.661. The van der Waals surface area contributed by atoms with Gasteiger partial charge in [0.2, 0.25) is 0 Å². The second kappa shape index (κ2) is 9.19. The van der Waals surface area contributed by atoms with E-state index >= 15 is 0 Å². The molecule has 1 rings (SSSR count). The van der Waals surface area contributed by atoms with E-state index in [1.165, 1.54) is 14.9 Å². The molecule has 0 fully saturated rings. The molecule has 120 valence electrons. The molecule has 0 aliphatic heterocycles. The van der Waals surface area contributed by atoms with E-state index in [-0.39, 0.29) is 5.54 Å². The Labute approximate surface area is 143 Å². The largest absolute Gasteiger partial charge is 0.308 e. The van der Waals surface area contributed by atoms with E-state index < -0.39 is 0 Å². The highest BCUT2D eigenvalue weighted by molar-refractivity contribution is 9.10. The third-order valence-electron chi connectivity index (χ3n) is 3.38. The molecule has 0 saturated heterocycles. The smallest absolute Gasteiger partial charge is 0.0314 e. The Morgan fingerprint density at radius 1 is 1.19 bits per heavy atom. The number of rotatable bonds is 8. The molecule has 0 aliphatic rings. The van der Waals surface area contributed by atoms with Crippen molar-refractivity contribution < 1.29 is 0 Å². The fourth-order valence-electron chi connectivity index (χ4n) is 1.96. The van der Waals surface area contributed by atoms with Crippen LogP contribution in [0.4, 0.5) is 0 Å². The van der Waals surface area contributed by atoms with Gasteiger partial charge in [0.15, 0.2) is 0 Å². The summed E-state index contributed by atoms with van der Waals surface area (Å²) in [6.45, 7) is 15.4. The fourth-order valence-corrected chi connectivity index (χ4v) is 3.66. The van der Waals surface area contributed by atoms with Crippen LogP contribution in [0.25, 0.3) is 0 Å². The van der Waals surface area contributed by atoms with Gasteiger partial charge in [-0.25, -0.2) is 0 Å². The van der Waals surface area contributed by atoms with Crippen LogP contribution in [0.15, 0.2) is 27.6 Å². The molecule has 0 atom stereocenters. The van der Waals surface area contributed by atoms with Gasteiger partial charge in [-0.15, -0.1) is 11.8 Å². The van der Waals surface area contributed by atoms with Crippen LogP contribution in [0.3, 0.4) is 0 Å². The van der Waals surface area contributed by atoms with Crippen LogP contribution >= 0.6 is 27.7 Å². The Morgan fingerprint density at radius 3 is 2.38 bits per heavy atom. The molecule has 0 aromatic heterocycles. The predicted octanol–water partition coefficient (Wildman–Crippen LogP) is 4.77. The van der Waals surface area contributed by atoms with Gasteiger partial charge in [0.1, 0.15) is 0 Å². The predicted molar refractivity (Wildman–Crippen MR) is 99.2 cm³/mol. The molecule has 4 heteroatoms. The lowest BCUT2D eigenvalue weighted by atomic mass is 10.1. The van der Waals surface area contributed by atoms with Crippen LogP contribution < -0.4 is 5.32 Å². The third kappa shape index (κ3) is 7.68. The van der Waals surface area contributed by atoms with Crippen LogP contribution in [0.1, 0.15) is 40.2 Å². The van der Waals surface area contributed by atoms with Crippen molar-refractivity contribution in [1.82, 2.24) is 10.2 Å². The molecule has 0 bridgehead atoms. The summed E-state index contributed by atoms with van der Waals surface area (Å²) in [5.41, 5.74) is 1.48. The van der Waals surface area contributed by atoms with Gasteiger partial charge in [0, 0.05) is 33.7 Å². The van der Waals surface area contributed by atoms with Gasteiger partial charge >= 0.3 is 0 Å². The minimum atomic E-state index is 0.156. The maximum atomic E-state index is 3.71. The molecule has 0 unspecified atom stereocenters. The van der Waals surface area contributed by atoms with Crippen molar-refractivity contribution in [2.75, 3.05) is 25.4 Å². The van der Waals surface area contributed by atoms with Crippen molar-refractivity contribution in [3.05, 3.63) is 28.2 Å². The van der Waals surface area contributed by atoms with Crippen molar-refractivity contribution >= 4 is 27.7 Å². The number of hydrogen-bond donors (Lipinski definition) is 1.